The first-order chi connectivity index (χ1) is 10.1. The van der Waals surface area contributed by atoms with E-state index in [1.54, 1.807) is 0 Å². The van der Waals surface area contributed by atoms with Crippen molar-refractivity contribution in [2.45, 2.75) is 52.7 Å². The molecule has 3 nitrogen and oxygen atoms in total. The minimum Gasteiger partial charge on any atom is -0.400 e. The van der Waals surface area contributed by atoms with Crippen LogP contribution in [0.2, 0.25) is 5.02 Å². The molecule has 0 saturated carbocycles. The van der Waals surface area contributed by atoms with Crippen molar-refractivity contribution in [2.24, 2.45) is 5.73 Å². The summed E-state index contributed by atoms with van der Waals surface area (Å²) in [6.07, 6.45) is 2.07. The number of benzene rings is 1. The van der Waals surface area contributed by atoms with Crippen LogP contribution < -0.4 is 5.73 Å². The number of nitrogens with two attached hydrogens (primary N) is 1. The molecule has 1 aliphatic rings. The van der Waals surface area contributed by atoms with Crippen LogP contribution in [0.15, 0.2) is 17.6 Å². The maximum Gasteiger partial charge on any atom is 0.491 e. The summed E-state index contributed by atoms with van der Waals surface area (Å²) in [5, 5.41) is 0.747. The second-order valence-electron chi connectivity index (χ2n) is 6.96. The van der Waals surface area contributed by atoms with Gasteiger partial charge in [0.2, 0.25) is 0 Å². The van der Waals surface area contributed by atoms with E-state index in [1.807, 2.05) is 53.7 Å². The van der Waals surface area contributed by atoms with Gasteiger partial charge < -0.3 is 15.0 Å². The maximum atomic E-state index is 6.10. The molecule has 2 rings (SSSR count). The van der Waals surface area contributed by atoms with E-state index in [4.69, 9.17) is 26.6 Å². The highest BCUT2D eigenvalue weighted by Crippen LogP contribution is 2.38. The van der Waals surface area contributed by atoms with Gasteiger partial charge in [0.1, 0.15) is 0 Å². The molecule has 1 aliphatic heterocycles. The van der Waals surface area contributed by atoms with Crippen LogP contribution in [0.3, 0.4) is 0 Å². The largest absolute Gasteiger partial charge is 0.491 e. The van der Waals surface area contributed by atoms with Crippen LogP contribution in [0.1, 0.15) is 44.4 Å². The molecule has 0 atom stereocenters. The standard InChI is InChI=1S/C17H25BClNO2/c1-11-7-14(19)8-12(2)15(11)9-13(10-20)18-21-16(3,4)17(5,6)22-18/h7-9H,10,20H2,1-6H3. The van der Waals surface area contributed by atoms with Crippen LogP contribution in [-0.4, -0.2) is 24.9 Å². The number of halogens is 1. The zero-order chi connectivity index (χ0) is 16.7. The minimum absolute atomic E-state index is 0.365. The summed E-state index contributed by atoms with van der Waals surface area (Å²) in [6, 6.07) is 3.91. The molecule has 0 unspecified atom stereocenters. The third-order valence-electron chi connectivity index (χ3n) is 4.68. The van der Waals surface area contributed by atoms with E-state index in [0.29, 0.717) is 6.54 Å². The smallest absolute Gasteiger partial charge is 0.400 e. The summed E-state index contributed by atoms with van der Waals surface area (Å²) in [5.74, 6) is 0. The van der Waals surface area contributed by atoms with Crippen molar-refractivity contribution >= 4 is 24.8 Å². The first kappa shape index (κ1) is 17.5. The van der Waals surface area contributed by atoms with Gasteiger partial charge >= 0.3 is 7.12 Å². The zero-order valence-electron chi connectivity index (χ0n) is 14.3. The Bertz CT molecular complexity index is 572. The predicted molar refractivity (Wildman–Crippen MR) is 94.0 cm³/mol. The summed E-state index contributed by atoms with van der Waals surface area (Å²) < 4.78 is 12.2. The third-order valence-corrected chi connectivity index (χ3v) is 4.90. The normalized spacial score (nSPS) is 20.5. The highest BCUT2D eigenvalue weighted by Gasteiger charge is 2.52. The van der Waals surface area contributed by atoms with E-state index in [2.05, 4.69) is 6.08 Å². The van der Waals surface area contributed by atoms with Gasteiger partial charge in [0.15, 0.2) is 0 Å². The van der Waals surface area contributed by atoms with Crippen molar-refractivity contribution in [1.29, 1.82) is 0 Å². The first-order valence-electron chi connectivity index (χ1n) is 7.60. The first-order valence-corrected chi connectivity index (χ1v) is 7.98. The van der Waals surface area contributed by atoms with Crippen LogP contribution >= 0.6 is 11.6 Å². The van der Waals surface area contributed by atoms with Crippen molar-refractivity contribution in [3.05, 3.63) is 39.3 Å². The molecule has 22 heavy (non-hydrogen) atoms. The Balaban J connectivity index is 2.38. The summed E-state index contributed by atoms with van der Waals surface area (Å²) in [5.41, 5.74) is 9.52. The summed E-state index contributed by atoms with van der Waals surface area (Å²) in [7, 11) is -0.413. The van der Waals surface area contributed by atoms with Crippen LogP contribution in [-0.2, 0) is 9.31 Å². The van der Waals surface area contributed by atoms with E-state index in [0.717, 1.165) is 27.2 Å². The van der Waals surface area contributed by atoms with E-state index in [1.165, 1.54) is 0 Å². The second kappa shape index (κ2) is 6.01. The fourth-order valence-electron chi connectivity index (χ4n) is 2.55. The highest BCUT2D eigenvalue weighted by atomic mass is 35.5. The average Bonchev–Trinajstić information content (AvgIpc) is 2.57. The fourth-order valence-corrected chi connectivity index (χ4v) is 2.88. The lowest BCUT2D eigenvalue weighted by atomic mass is 9.76. The lowest BCUT2D eigenvalue weighted by molar-refractivity contribution is 0.00578. The molecule has 1 saturated heterocycles. The van der Waals surface area contributed by atoms with Crippen molar-refractivity contribution < 1.29 is 9.31 Å². The highest BCUT2D eigenvalue weighted by molar-refractivity contribution is 6.56. The van der Waals surface area contributed by atoms with E-state index in [9.17, 15) is 0 Å². The molecule has 0 aromatic heterocycles. The van der Waals surface area contributed by atoms with Gasteiger partial charge in [-0.2, -0.15) is 0 Å². The van der Waals surface area contributed by atoms with Gasteiger partial charge in [0, 0.05) is 11.6 Å². The minimum atomic E-state index is -0.413. The van der Waals surface area contributed by atoms with Gasteiger partial charge in [-0.1, -0.05) is 17.7 Å². The number of hydrogen-bond acceptors (Lipinski definition) is 3. The zero-order valence-corrected chi connectivity index (χ0v) is 15.0. The number of aryl methyl sites for hydroxylation is 2. The molecular formula is C17H25BClNO2. The van der Waals surface area contributed by atoms with Gasteiger partial charge in [0.25, 0.3) is 0 Å². The molecule has 1 aromatic carbocycles. The van der Waals surface area contributed by atoms with E-state index >= 15 is 0 Å². The van der Waals surface area contributed by atoms with Gasteiger partial charge in [-0.05, 0) is 75.8 Å². The topological polar surface area (TPSA) is 44.5 Å². The molecule has 0 radical (unpaired) electrons. The summed E-state index contributed by atoms with van der Waals surface area (Å²) >= 11 is 6.10. The second-order valence-corrected chi connectivity index (χ2v) is 7.40. The monoisotopic (exact) mass is 321 g/mol. The van der Waals surface area contributed by atoms with Crippen LogP contribution in [0.5, 0.6) is 0 Å². The lowest BCUT2D eigenvalue weighted by Crippen LogP contribution is -2.41. The Morgan fingerprint density at radius 1 is 1.14 bits per heavy atom. The van der Waals surface area contributed by atoms with E-state index in [-0.39, 0.29) is 11.2 Å². The van der Waals surface area contributed by atoms with Crippen molar-refractivity contribution in [3.8, 4) is 0 Å². The summed E-state index contributed by atoms with van der Waals surface area (Å²) in [6.45, 7) is 12.6. The van der Waals surface area contributed by atoms with Gasteiger partial charge in [-0.3, -0.25) is 0 Å². The van der Waals surface area contributed by atoms with Crippen LogP contribution in [0.4, 0.5) is 0 Å². The number of rotatable bonds is 3. The molecule has 0 aliphatic carbocycles. The molecule has 1 heterocycles. The third kappa shape index (κ3) is 3.25. The quantitative estimate of drug-likeness (QED) is 0.858. The van der Waals surface area contributed by atoms with E-state index < -0.39 is 7.12 Å². The lowest BCUT2D eigenvalue weighted by Gasteiger charge is -2.32. The molecule has 1 aromatic rings. The fraction of sp³-hybridized carbons (Fsp3) is 0.529. The molecule has 0 bridgehead atoms. The van der Waals surface area contributed by atoms with Crippen LogP contribution in [0, 0.1) is 13.8 Å². The molecule has 2 N–H and O–H groups in total. The molecular weight excluding hydrogens is 296 g/mol. The van der Waals surface area contributed by atoms with Gasteiger partial charge in [-0.15, -0.1) is 0 Å². The predicted octanol–water partition coefficient (Wildman–Crippen LogP) is 3.93. The van der Waals surface area contributed by atoms with Gasteiger partial charge in [-0.25, -0.2) is 0 Å². The van der Waals surface area contributed by atoms with Gasteiger partial charge in [0.05, 0.1) is 11.2 Å². The molecule has 0 spiro atoms. The molecule has 5 heteroatoms. The Morgan fingerprint density at radius 3 is 2.00 bits per heavy atom. The SMILES string of the molecule is Cc1cc(Cl)cc(C)c1C=C(CN)B1OC(C)(C)C(C)(C)O1. The average molecular weight is 322 g/mol. The van der Waals surface area contributed by atoms with Crippen molar-refractivity contribution in [3.63, 3.8) is 0 Å². The van der Waals surface area contributed by atoms with Crippen molar-refractivity contribution in [2.75, 3.05) is 6.54 Å². The maximum absolute atomic E-state index is 6.10. The Labute approximate surface area is 139 Å². The Morgan fingerprint density at radius 2 is 1.59 bits per heavy atom. The molecule has 120 valence electrons. The Hall–Kier alpha value is -0.805. The van der Waals surface area contributed by atoms with Crippen molar-refractivity contribution in [1.82, 2.24) is 0 Å². The Kier molecular flexibility index (Phi) is 4.79. The van der Waals surface area contributed by atoms with Crippen LogP contribution in [0.25, 0.3) is 6.08 Å². The molecule has 0 amide bonds. The number of hydrogen-bond donors (Lipinski definition) is 1. The molecule has 1 fully saturated rings. The summed E-state index contributed by atoms with van der Waals surface area (Å²) in [4.78, 5) is 0.